The Labute approximate surface area is 113 Å². The van der Waals surface area contributed by atoms with Crippen LogP contribution in [0.5, 0.6) is 0 Å². The van der Waals surface area contributed by atoms with Crippen molar-refractivity contribution in [3.05, 3.63) is 53.3 Å². The van der Waals surface area contributed by atoms with Crippen molar-refractivity contribution in [2.75, 3.05) is 11.4 Å². The van der Waals surface area contributed by atoms with E-state index in [1.54, 1.807) is 0 Å². The summed E-state index contributed by atoms with van der Waals surface area (Å²) in [5.41, 5.74) is 4.32. The molecule has 0 unspecified atom stereocenters. The van der Waals surface area contributed by atoms with Crippen molar-refractivity contribution >= 4 is 11.6 Å². The molecular weight excluding hydrogens is 236 g/mol. The van der Waals surface area contributed by atoms with E-state index >= 15 is 0 Å². The first-order valence-corrected chi connectivity index (χ1v) is 6.68. The number of fused-ring (bicyclic) bond motifs is 1. The number of carbonyl (C=O) groups excluding carboxylic acids is 1. The molecule has 1 amide bonds. The summed E-state index contributed by atoms with van der Waals surface area (Å²) in [5.74, 6) is 0.104. The molecule has 3 nitrogen and oxygen atoms in total. The van der Waals surface area contributed by atoms with Crippen LogP contribution in [0.1, 0.15) is 27.9 Å². The molecule has 0 bridgehead atoms. The molecule has 0 saturated heterocycles. The number of amides is 1. The molecule has 1 aliphatic heterocycles. The fourth-order valence-electron chi connectivity index (χ4n) is 2.68. The molecule has 19 heavy (non-hydrogen) atoms. The van der Waals surface area contributed by atoms with Crippen LogP contribution in [0.3, 0.4) is 0 Å². The van der Waals surface area contributed by atoms with Gasteiger partial charge >= 0.3 is 0 Å². The summed E-state index contributed by atoms with van der Waals surface area (Å²) in [4.78, 5) is 14.5. The first-order valence-electron chi connectivity index (χ1n) is 6.68. The van der Waals surface area contributed by atoms with Gasteiger partial charge in [-0.25, -0.2) is 0 Å². The van der Waals surface area contributed by atoms with Crippen LogP contribution in [0.2, 0.25) is 0 Å². The third-order valence-corrected chi connectivity index (χ3v) is 3.68. The highest BCUT2D eigenvalue weighted by molar-refractivity contribution is 6.06. The normalized spacial score (nSPS) is 14.3. The summed E-state index contributed by atoms with van der Waals surface area (Å²) in [5, 5.41) is 0. The van der Waals surface area contributed by atoms with Gasteiger partial charge in [0.05, 0.1) is 5.56 Å². The molecule has 0 saturated carbocycles. The lowest BCUT2D eigenvalue weighted by Gasteiger charge is -2.29. The van der Waals surface area contributed by atoms with Crippen LogP contribution in [-0.4, -0.2) is 17.0 Å². The van der Waals surface area contributed by atoms with Crippen molar-refractivity contribution in [3.8, 4) is 0 Å². The van der Waals surface area contributed by atoms with E-state index in [1.165, 1.54) is 11.1 Å². The van der Waals surface area contributed by atoms with Gasteiger partial charge in [-0.05, 0) is 43.0 Å². The predicted octanol–water partition coefficient (Wildman–Crippen LogP) is 2.93. The van der Waals surface area contributed by atoms with Gasteiger partial charge in [-0.15, -0.1) is 0 Å². The van der Waals surface area contributed by atoms with Crippen molar-refractivity contribution in [2.45, 2.75) is 19.8 Å². The smallest absolute Gasteiger partial charge is 0.259 e. The summed E-state index contributed by atoms with van der Waals surface area (Å²) < 4.78 is 1.91. The number of aromatic nitrogens is 1. The SMILES string of the molecule is Cc1ccc2c(c1)N(C(=O)c1ccn(C)c1)CCC2. The maximum absolute atomic E-state index is 12.6. The number of rotatable bonds is 1. The predicted molar refractivity (Wildman–Crippen MR) is 76.6 cm³/mol. The average Bonchev–Trinajstić information content (AvgIpc) is 2.84. The highest BCUT2D eigenvalue weighted by atomic mass is 16.2. The number of hydrogen-bond donors (Lipinski definition) is 0. The second-order valence-electron chi connectivity index (χ2n) is 5.26. The van der Waals surface area contributed by atoms with E-state index in [9.17, 15) is 4.79 Å². The molecule has 0 fully saturated rings. The lowest BCUT2D eigenvalue weighted by Crippen LogP contribution is -2.35. The lowest BCUT2D eigenvalue weighted by atomic mass is 9.99. The van der Waals surface area contributed by atoms with Gasteiger partial charge in [0.25, 0.3) is 5.91 Å². The maximum atomic E-state index is 12.6. The zero-order chi connectivity index (χ0) is 13.4. The molecule has 0 atom stereocenters. The largest absolute Gasteiger partial charge is 0.356 e. The summed E-state index contributed by atoms with van der Waals surface area (Å²) in [7, 11) is 1.94. The summed E-state index contributed by atoms with van der Waals surface area (Å²) >= 11 is 0. The molecule has 1 aromatic heterocycles. The molecule has 0 radical (unpaired) electrons. The van der Waals surface area contributed by atoms with Crippen LogP contribution in [-0.2, 0) is 13.5 Å². The molecule has 3 rings (SSSR count). The maximum Gasteiger partial charge on any atom is 0.259 e. The van der Waals surface area contributed by atoms with E-state index < -0.39 is 0 Å². The zero-order valence-electron chi connectivity index (χ0n) is 11.4. The number of hydrogen-bond acceptors (Lipinski definition) is 1. The first-order chi connectivity index (χ1) is 9.15. The van der Waals surface area contributed by atoms with Crippen LogP contribution in [0, 0.1) is 6.92 Å². The van der Waals surface area contributed by atoms with Crippen molar-refractivity contribution in [1.29, 1.82) is 0 Å². The van der Waals surface area contributed by atoms with Crippen LogP contribution in [0.4, 0.5) is 5.69 Å². The van der Waals surface area contributed by atoms with Crippen LogP contribution in [0.25, 0.3) is 0 Å². The Morgan fingerprint density at radius 3 is 2.84 bits per heavy atom. The second kappa shape index (κ2) is 4.57. The molecule has 1 aliphatic rings. The molecule has 0 N–H and O–H groups in total. The number of benzene rings is 1. The summed E-state index contributed by atoms with van der Waals surface area (Å²) in [6, 6.07) is 8.27. The zero-order valence-corrected chi connectivity index (χ0v) is 11.4. The standard InChI is InChI=1S/C16H18N2O/c1-12-5-6-13-4-3-8-18(15(13)10-12)16(19)14-7-9-17(2)11-14/h5-7,9-11H,3-4,8H2,1-2H3. The fourth-order valence-corrected chi connectivity index (χ4v) is 2.68. The van der Waals surface area contributed by atoms with Crippen molar-refractivity contribution < 1.29 is 4.79 Å². The van der Waals surface area contributed by atoms with Gasteiger partial charge in [0.15, 0.2) is 0 Å². The molecule has 98 valence electrons. The Kier molecular flexibility index (Phi) is 2.90. The third-order valence-electron chi connectivity index (χ3n) is 3.68. The van der Waals surface area contributed by atoms with Crippen molar-refractivity contribution in [1.82, 2.24) is 4.57 Å². The molecule has 2 heterocycles. The van der Waals surface area contributed by atoms with Gasteiger partial charge in [-0.2, -0.15) is 0 Å². The van der Waals surface area contributed by atoms with Gasteiger partial charge < -0.3 is 9.47 Å². The average molecular weight is 254 g/mol. The molecule has 2 aromatic rings. The minimum atomic E-state index is 0.104. The van der Waals surface area contributed by atoms with Gasteiger partial charge in [-0.3, -0.25) is 4.79 Å². The third kappa shape index (κ3) is 2.16. The van der Waals surface area contributed by atoms with Gasteiger partial charge in [0.2, 0.25) is 0 Å². The second-order valence-corrected chi connectivity index (χ2v) is 5.26. The molecular formula is C16H18N2O. The van der Waals surface area contributed by atoms with Gasteiger partial charge in [-0.1, -0.05) is 12.1 Å². The van der Waals surface area contributed by atoms with E-state index in [-0.39, 0.29) is 5.91 Å². The summed E-state index contributed by atoms with van der Waals surface area (Å²) in [6.07, 6.45) is 5.89. The van der Waals surface area contributed by atoms with Crippen LogP contribution in [0.15, 0.2) is 36.7 Å². The lowest BCUT2D eigenvalue weighted by molar-refractivity contribution is 0.0985. The quantitative estimate of drug-likeness (QED) is 0.768. The minimum Gasteiger partial charge on any atom is -0.356 e. The number of carbonyl (C=O) groups is 1. The Morgan fingerprint density at radius 1 is 1.26 bits per heavy atom. The Bertz CT molecular complexity index is 627. The highest BCUT2D eigenvalue weighted by Gasteiger charge is 2.23. The molecule has 0 aliphatic carbocycles. The Balaban J connectivity index is 1.99. The van der Waals surface area contributed by atoms with Gasteiger partial charge in [0, 0.05) is 31.7 Å². The number of anilines is 1. The van der Waals surface area contributed by atoms with Crippen LogP contribution < -0.4 is 4.90 Å². The van der Waals surface area contributed by atoms with E-state index in [0.29, 0.717) is 0 Å². The van der Waals surface area contributed by atoms with E-state index in [1.807, 2.05) is 35.0 Å². The van der Waals surface area contributed by atoms with Gasteiger partial charge in [0.1, 0.15) is 0 Å². The summed E-state index contributed by atoms with van der Waals surface area (Å²) in [6.45, 7) is 2.88. The van der Waals surface area contributed by atoms with Crippen LogP contribution >= 0.6 is 0 Å². The Hall–Kier alpha value is -2.03. The first kappa shape index (κ1) is 12.0. The Morgan fingerprint density at radius 2 is 2.11 bits per heavy atom. The number of nitrogens with zero attached hydrogens (tertiary/aromatic N) is 2. The van der Waals surface area contributed by atoms with E-state index in [2.05, 4.69) is 25.1 Å². The fraction of sp³-hybridized carbons (Fsp3) is 0.312. The minimum absolute atomic E-state index is 0.104. The monoisotopic (exact) mass is 254 g/mol. The van der Waals surface area contributed by atoms with E-state index in [0.717, 1.165) is 30.6 Å². The molecule has 1 aromatic carbocycles. The van der Waals surface area contributed by atoms with Crippen molar-refractivity contribution in [2.24, 2.45) is 7.05 Å². The topological polar surface area (TPSA) is 25.2 Å². The van der Waals surface area contributed by atoms with E-state index in [4.69, 9.17) is 0 Å². The molecule has 3 heteroatoms. The van der Waals surface area contributed by atoms with Crippen molar-refractivity contribution in [3.63, 3.8) is 0 Å². The number of aryl methyl sites for hydroxylation is 3. The molecule has 0 spiro atoms. The highest BCUT2D eigenvalue weighted by Crippen LogP contribution is 2.29.